The molecule has 2 aromatic rings. The van der Waals surface area contributed by atoms with Gasteiger partial charge in [-0.05, 0) is 36.6 Å². The molecule has 3 rings (SSSR count). The third-order valence-corrected chi connectivity index (χ3v) is 3.44. The van der Waals surface area contributed by atoms with Crippen molar-refractivity contribution in [2.75, 3.05) is 6.61 Å². The first-order valence-electron chi connectivity index (χ1n) is 6.75. The maximum Gasteiger partial charge on any atom is 0.124 e. The number of halogens is 1. The zero-order valence-corrected chi connectivity index (χ0v) is 12.0. The minimum atomic E-state index is 0. The average Bonchev–Trinajstić information content (AvgIpc) is 3.22. The van der Waals surface area contributed by atoms with Gasteiger partial charge in [0.05, 0.1) is 6.61 Å². The van der Waals surface area contributed by atoms with E-state index in [2.05, 4.69) is 41.7 Å². The topological polar surface area (TPSA) is 21.3 Å². The zero-order valence-electron chi connectivity index (χ0n) is 11.2. The number of ether oxygens (including phenoxy) is 1. The Balaban J connectivity index is 0.00000133. The van der Waals surface area contributed by atoms with Crippen LogP contribution in [0.1, 0.15) is 25.3 Å². The fourth-order valence-corrected chi connectivity index (χ4v) is 2.32. The van der Waals surface area contributed by atoms with Gasteiger partial charge in [-0.15, -0.1) is 12.4 Å². The fraction of sp³-hybridized carbons (Fsp3) is 0.375. The van der Waals surface area contributed by atoms with Crippen molar-refractivity contribution in [2.24, 2.45) is 0 Å². The quantitative estimate of drug-likeness (QED) is 0.895. The summed E-state index contributed by atoms with van der Waals surface area (Å²) in [4.78, 5) is 0. The highest BCUT2D eigenvalue weighted by Gasteiger charge is 2.21. The van der Waals surface area contributed by atoms with E-state index in [1.807, 2.05) is 6.92 Å². The van der Waals surface area contributed by atoms with Gasteiger partial charge in [0.25, 0.3) is 0 Å². The Hall–Kier alpha value is -1.25. The van der Waals surface area contributed by atoms with Gasteiger partial charge in [-0.1, -0.05) is 30.3 Å². The van der Waals surface area contributed by atoms with Crippen molar-refractivity contribution < 1.29 is 4.74 Å². The van der Waals surface area contributed by atoms with Crippen LogP contribution >= 0.6 is 12.4 Å². The molecule has 1 aliphatic rings. The molecule has 3 heteroatoms. The highest BCUT2D eigenvalue weighted by molar-refractivity contribution is 5.87. The van der Waals surface area contributed by atoms with E-state index in [-0.39, 0.29) is 12.4 Å². The maximum atomic E-state index is 5.76. The summed E-state index contributed by atoms with van der Waals surface area (Å²) >= 11 is 0. The van der Waals surface area contributed by atoms with Gasteiger partial charge in [-0.25, -0.2) is 0 Å². The van der Waals surface area contributed by atoms with Gasteiger partial charge in [-0.3, -0.25) is 0 Å². The molecular formula is C16H20ClNO. The van der Waals surface area contributed by atoms with Gasteiger partial charge in [0.2, 0.25) is 0 Å². The van der Waals surface area contributed by atoms with Crippen molar-refractivity contribution in [1.82, 2.24) is 5.32 Å². The van der Waals surface area contributed by atoms with Crippen LogP contribution in [-0.2, 0) is 6.54 Å². The first kappa shape index (κ1) is 14.2. The summed E-state index contributed by atoms with van der Waals surface area (Å²) in [5.41, 5.74) is 1.29. The van der Waals surface area contributed by atoms with Crippen molar-refractivity contribution in [2.45, 2.75) is 32.4 Å². The molecule has 0 heterocycles. The number of rotatable bonds is 5. The summed E-state index contributed by atoms with van der Waals surface area (Å²) in [7, 11) is 0. The van der Waals surface area contributed by atoms with Crippen LogP contribution in [0.25, 0.3) is 10.8 Å². The van der Waals surface area contributed by atoms with Gasteiger partial charge < -0.3 is 10.1 Å². The van der Waals surface area contributed by atoms with Crippen molar-refractivity contribution in [3.63, 3.8) is 0 Å². The molecule has 102 valence electrons. The Morgan fingerprint density at radius 3 is 2.68 bits per heavy atom. The summed E-state index contributed by atoms with van der Waals surface area (Å²) in [5.74, 6) is 1.02. The minimum Gasteiger partial charge on any atom is -0.494 e. The summed E-state index contributed by atoms with van der Waals surface area (Å²) in [6, 6.07) is 13.5. The number of fused-ring (bicyclic) bond motifs is 1. The molecule has 0 saturated heterocycles. The molecule has 0 aromatic heterocycles. The molecule has 0 bridgehead atoms. The van der Waals surface area contributed by atoms with E-state index in [1.54, 1.807) is 0 Å². The van der Waals surface area contributed by atoms with E-state index >= 15 is 0 Å². The molecular weight excluding hydrogens is 258 g/mol. The molecule has 2 aromatic carbocycles. The van der Waals surface area contributed by atoms with Gasteiger partial charge in [0.15, 0.2) is 0 Å². The second-order valence-corrected chi connectivity index (χ2v) is 4.85. The van der Waals surface area contributed by atoms with E-state index in [0.717, 1.165) is 24.9 Å². The number of benzene rings is 2. The standard InChI is InChI=1S/C16H19NO.ClH/c1-2-18-16-10-7-12-5-3-4-6-14(12)15(16)11-17-13-8-9-13;/h3-7,10,13,17H,2,8-9,11H2,1H3;1H. The summed E-state index contributed by atoms with van der Waals surface area (Å²) in [5, 5.41) is 6.17. The second kappa shape index (κ2) is 6.27. The summed E-state index contributed by atoms with van der Waals surface area (Å²) in [6.45, 7) is 3.66. The molecule has 0 spiro atoms. The lowest BCUT2D eigenvalue weighted by atomic mass is 10.0. The Bertz CT molecular complexity index is 551. The lowest BCUT2D eigenvalue weighted by molar-refractivity contribution is 0.336. The monoisotopic (exact) mass is 277 g/mol. The van der Waals surface area contributed by atoms with E-state index in [9.17, 15) is 0 Å². The predicted octanol–water partition coefficient (Wildman–Crippen LogP) is 3.91. The first-order valence-corrected chi connectivity index (χ1v) is 6.75. The van der Waals surface area contributed by atoms with Gasteiger partial charge in [0, 0.05) is 18.2 Å². The SMILES string of the molecule is CCOc1ccc2ccccc2c1CNC1CC1.Cl. The molecule has 1 saturated carbocycles. The van der Waals surface area contributed by atoms with E-state index in [4.69, 9.17) is 4.74 Å². The van der Waals surface area contributed by atoms with Crippen LogP contribution in [-0.4, -0.2) is 12.6 Å². The summed E-state index contributed by atoms with van der Waals surface area (Å²) in [6.07, 6.45) is 2.63. The highest BCUT2D eigenvalue weighted by atomic mass is 35.5. The minimum absolute atomic E-state index is 0. The lowest BCUT2D eigenvalue weighted by Crippen LogP contribution is -2.16. The largest absolute Gasteiger partial charge is 0.494 e. The van der Waals surface area contributed by atoms with Crippen LogP contribution in [0.3, 0.4) is 0 Å². The number of nitrogens with one attached hydrogen (secondary N) is 1. The van der Waals surface area contributed by atoms with Crippen molar-refractivity contribution in [1.29, 1.82) is 0 Å². The molecule has 1 N–H and O–H groups in total. The maximum absolute atomic E-state index is 5.76. The Morgan fingerprint density at radius 1 is 1.16 bits per heavy atom. The first-order chi connectivity index (χ1) is 8.88. The summed E-state index contributed by atoms with van der Waals surface area (Å²) < 4.78 is 5.76. The molecule has 1 fully saturated rings. The molecule has 0 unspecified atom stereocenters. The van der Waals surface area contributed by atoms with Crippen LogP contribution in [0.2, 0.25) is 0 Å². The third kappa shape index (κ3) is 3.20. The second-order valence-electron chi connectivity index (χ2n) is 4.85. The van der Waals surface area contributed by atoms with E-state index in [0.29, 0.717) is 0 Å². The van der Waals surface area contributed by atoms with Crippen LogP contribution in [0.5, 0.6) is 5.75 Å². The van der Waals surface area contributed by atoms with Crippen LogP contribution < -0.4 is 10.1 Å². The van der Waals surface area contributed by atoms with E-state index in [1.165, 1.54) is 29.2 Å². The average molecular weight is 278 g/mol. The third-order valence-electron chi connectivity index (χ3n) is 3.44. The van der Waals surface area contributed by atoms with Gasteiger partial charge in [0.1, 0.15) is 5.75 Å². The Labute approximate surface area is 120 Å². The molecule has 2 nitrogen and oxygen atoms in total. The van der Waals surface area contributed by atoms with Crippen molar-refractivity contribution in [3.05, 3.63) is 42.0 Å². The molecule has 0 amide bonds. The van der Waals surface area contributed by atoms with Crippen molar-refractivity contribution >= 4 is 23.2 Å². The van der Waals surface area contributed by atoms with Crippen LogP contribution in [0, 0.1) is 0 Å². The molecule has 0 aliphatic heterocycles. The lowest BCUT2D eigenvalue weighted by Gasteiger charge is -2.14. The van der Waals surface area contributed by atoms with Gasteiger partial charge in [-0.2, -0.15) is 0 Å². The van der Waals surface area contributed by atoms with Gasteiger partial charge >= 0.3 is 0 Å². The fourth-order valence-electron chi connectivity index (χ4n) is 2.32. The molecule has 0 atom stereocenters. The molecule has 0 radical (unpaired) electrons. The zero-order chi connectivity index (χ0) is 12.4. The highest BCUT2D eigenvalue weighted by Crippen LogP contribution is 2.29. The van der Waals surface area contributed by atoms with E-state index < -0.39 is 0 Å². The molecule has 1 aliphatic carbocycles. The Morgan fingerprint density at radius 2 is 1.95 bits per heavy atom. The van der Waals surface area contributed by atoms with Crippen molar-refractivity contribution in [3.8, 4) is 5.75 Å². The Kier molecular flexibility index (Phi) is 4.67. The van der Waals surface area contributed by atoms with Crippen LogP contribution in [0.4, 0.5) is 0 Å². The smallest absolute Gasteiger partial charge is 0.124 e. The number of hydrogen-bond donors (Lipinski definition) is 1. The normalized spacial score (nSPS) is 14.2. The molecule has 19 heavy (non-hydrogen) atoms. The predicted molar refractivity (Wildman–Crippen MR) is 82.2 cm³/mol. The number of hydrogen-bond acceptors (Lipinski definition) is 2. The van der Waals surface area contributed by atoms with Crippen LogP contribution in [0.15, 0.2) is 36.4 Å².